The molecule has 1 aromatic heterocycles. The number of thiazole rings is 1. The zero-order valence-corrected chi connectivity index (χ0v) is 18.9. The highest BCUT2D eigenvalue weighted by atomic mass is 32.1. The van der Waals surface area contributed by atoms with Gasteiger partial charge in [0.1, 0.15) is 5.69 Å². The quantitative estimate of drug-likeness (QED) is 0.704. The molecule has 0 bridgehead atoms. The van der Waals surface area contributed by atoms with Gasteiger partial charge in [0, 0.05) is 43.4 Å². The maximum atomic E-state index is 13.0. The zero-order valence-electron chi connectivity index (χ0n) is 18.1. The van der Waals surface area contributed by atoms with Gasteiger partial charge in [0.05, 0.1) is 5.01 Å². The molecule has 2 aromatic rings. The van der Waals surface area contributed by atoms with Crippen molar-refractivity contribution in [1.82, 2.24) is 14.8 Å². The summed E-state index contributed by atoms with van der Waals surface area (Å²) in [6, 6.07) is 8.38. The Morgan fingerprint density at radius 2 is 1.65 bits per heavy atom. The van der Waals surface area contributed by atoms with Gasteiger partial charge in [-0.3, -0.25) is 9.59 Å². The molecule has 2 amide bonds. The fourth-order valence-corrected chi connectivity index (χ4v) is 6.32. The van der Waals surface area contributed by atoms with Crippen LogP contribution in [0.15, 0.2) is 29.6 Å². The fourth-order valence-electron chi connectivity index (χ4n) is 5.36. The number of carbonyl (C=O) groups excluding carboxylic acids is 2. The van der Waals surface area contributed by atoms with Crippen molar-refractivity contribution in [2.45, 2.75) is 63.8 Å². The molecule has 164 valence electrons. The number of fused-ring (bicyclic) bond motifs is 1. The van der Waals surface area contributed by atoms with E-state index in [1.165, 1.54) is 30.4 Å². The van der Waals surface area contributed by atoms with E-state index in [0.717, 1.165) is 56.7 Å². The third kappa shape index (κ3) is 4.40. The van der Waals surface area contributed by atoms with Gasteiger partial charge in [0.25, 0.3) is 5.91 Å². The van der Waals surface area contributed by atoms with E-state index in [2.05, 4.69) is 23.1 Å². The van der Waals surface area contributed by atoms with Crippen molar-refractivity contribution >= 4 is 23.2 Å². The highest BCUT2D eigenvalue weighted by molar-refractivity contribution is 7.09. The molecule has 1 aromatic carbocycles. The number of aromatic nitrogens is 1. The van der Waals surface area contributed by atoms with E-state index >= 15 is 0 Å². The first-order valence-corrected chi connectivity index (χ1v) is 12.7. The third-order valence-electron chi connectivity index (χ3n) is 7.27. The first-order valence-electron chi connectivity index (χ1n) is 11.8. The van der Waals surface area contributed by atoms with Gasteiger partial charge in [-0.15, -0.1) is 11.3 Å². The van der Waals surface area contributed by atoms with Crippen LogP contribution in [-0.4, -0.2) is 46.2 Å². The lowest BCUT2D eigenvalue weighted by Gasteiger charge is -2.34. The van der Waals surface area contributed by atoms with Gasteiger partial charge in [-0.2, -0.15) is 0 Å². The molecule has 1 saturated heterocycles. The zero-order chi connectivity index (χ0) is 21.2. The predicted molar refractivity (Wildman–Crippen MR) is 122 cm³/mol. The number of nitrogens with zero attached hydrogens (tertiary/aromatic N) is 3. The Bertz CT molecular complexity index is 942. The first-order chi connectivity index (χ1) is 15.2. The summed E-state index contributed by atoms with van der Waals surface area (Å²) in [4.78, 5) is 34.6. The number of piperidine rings is 1. The normalized spacial score (nSPS) is 20.5. The van der Waals surface area contributed by atoms with Gasteiger partial charge in [-0.1, -0.05) is 43.5 Å². The van der Waals surface area contributed by atoms with E-state index in [0.29, 0.717) is 24.1 Å². The molecule has 5 rings (SSSR count). The summed E-state index contributed by atoms with van der Waals surface area (Å²) in [6.45, 7) is 3.07. The van der Waals surface area contributed by atoms with Gasteiger partial charge in [-0.05, 0) is 43.2 Å². The van der Waals surface area contributed by atoms with Gasteiger partial charge < -0.3 is 9.80 Å². The van der Waals surface area contributed by atoms with Crippen molar-refractivity contribution in [3.8, 4) is 0 Å². The molecule has 2 aliphatic heterocycles. The topological polar surface area (TPSA) is 53.5 Å². The van der Waals surface area contributed by atoms with Crippen LogP contribution in [0.5, 0.6) is 0 Å². The van der Waals surface area contributed by atoms with Gasteiger partial charge >= 0.3 is 0 Å². The average Bonchev–Trinajstić information content (AvgIpc) is 3.34. The van der Waals surface area contributed by atoms with Crippen LogP contribution in [0.4, 0.5) is 0 Å². The number of hydrogen-bond acceptors (Lipinski definition) is 4. The number of rotatable bonds is 3. The molecular weight excluding hydrogens is 406 g/mol. The van der Waals surface area contributed by atoms with E-state index in [9.17, 15) is 9.59 Å². The standard InChI is InChI=1S/C25H31N3O2S/c29-24(20-7-2-1-3-8-20)27-13-11-19(12-14-27)23-26-22(17-31-23)25(30)28-15-10-18-6-4-5-9-21(18)16-28/h4-6,9,17,19-20H,1-3,7-8,10-16H2. The summed E-state index contributed by atoms with van der Waals surface area (Å²) in [5.41, 5.74) is 3.17. The molecule has 1 saturated carbocycles. The molecule has 3 heterocycles. The summed E-state index contributed by atoms with van der Waals surface area (Å²) in [5.74, 6) is 1.04. The molecule has 5 nitrogen and oxygen atoms in total. The number of likely N-dealkylation sites (tertiary alicyclic amines) is 1. The first kappa shape index (κ1) is 20.7. The monoisotopic (exact) mass is 437 g/mol. The second-order valence-electron chi connectivity index (χ2n) is 9.25. The number of hydrogen-bond donors (Lipinski definition) is 0. The van der Waals surface area contributed by atoms with Crippen molar-refractivity contribution < 1.29 is 9.59 Å². The Balaban J connectivity index is 1.18. The minimum absolute atomic E-state index is 0.0434. The molecule has 0 radical (unpaired) electrons. The van der Waals surface area contributed by atoms with Crippen LogP contribution < -0.4 is 0 Å². The average molecular weight is 438 g/mol. The van der Waals surface area contributed by atoms with Crippen molar-refractivity contribution in [3.05, 3.63) is 51.5 Å². The Labute approximate surface area is 188 Å². The summed E-state index contributed by atoms with van der Waals surface area (Å²) in [6.07, 6.45) is 8.63. The molecule has 0 unspecified atom stereocenters. The fraction of sp³-hybridized carbons (Fsp3) is 0.560. The molecule has 0 N–H and O–H groups in total. The van der Waals surface area contributed by atoms with Crippen molar-refractivity contribution in [2.24, 2.45) is 5.92 Å². The Morgan fingerprint density at radius 1 is 0.903 bits per heavy atom. The molecule has 1 aliphatic carbocycles. The minimum Gasteiger partial charge on any atom is -0.342 e. The van der Waals surface area contributed by atoms with Crippen molar-refractivity contribution in [1.29, 1.82) is 0 Å². The van der Waals surface area contributed by atoms with Crippen LogP contribution in [0.3, 0.4) is 0 Å². The Morgan fingerprint density at radius 3 is 2.42 bits per heavy atom. The highest BCUT2D eigenvalue weighted by Gasteiger charge is 2.31. The second kappa shape index (κ2) is 9.11. The van der Waals surface area contributed by atoms with E-state index in [1.807, 2.05) is 16.3 Å². The third-order valence-corrected chi connectivity index (χ3v) is 8.28. The van der Waals surface area contributed by atoms with Gasteiger partial charge in [-0.25, -0.2) is 4.98 Å². The smallest absolute Gasteiger partial charge is 0.273 e. The van der Waals surface area contributed by atoms with Crippen molar-refractivity contribution in [2.75, 3.05) is 19.6 Å². The lowest BCUT2D eigenvalue weighted by molar-refractivity contribution is -0.137. The molecule has 3 aliphatic rings. The van der Waals surface area contributed by atoms with E-state index in [-0.39, 0.29) is 11.8 Å². The lowest BCUT2D eigenvalue weighted by Crippen LogP contribution is -2.41. The lowest BCUT2D eigenvalue weighted by atomic mass is 9.87. The van der Waals surface area contributed by atoms with Gasteiger partial charge in [0.2, 0.25) is 5.91 Å². The highest BCUT2D eigenvalue weighted by Crippen LogP contribution is 2.33. The number of amides is 2. The summed E-state index contributed by atoms with van der Waals surface area (Å²) < 4.78 is 0. The number of benzene rings is 1. The molecule has 0 spiro atoms. The van der Waals surface area contributed by atoms with Crippen LogP contribution >= 0.6 is 11.3 Å². The van der Waals surface area contributed by atoms with Gasteiger partial charge in [0.15, 0.2) is 0 Å². The van der Waals surface area contributed by atoms with Crippen LogP contribution in [0, 0.1) is 5.92 Å². The largest absolute Gasteiger partial charge is 0.342 e. The second-order valence-corrected chi connectivity index (χ2v) is 10.1. The SMILES string of the molecule is O=C(c1csc(C2CCN(C(=O)C3CCCCC3)CC2)n1)N1CCc2ccccc2C1. The van der Waals surface area contributed by atoms with E-state index < -0.39 is 0 Å². The Hall–Kier alpha value is -2.21. The summed E-state index contributed by atoms with van der Waals surface area (Å²) in [7, 11) is 0. The Kier molecular flexibility index (Phi) is 6.08. The predicted octanol–water partition coefficient (Wildman–Crippen LogP) is 4.63. The molecule has 31 heavy (non-hydrogen) atoms. The maximum absolute atomic E-state index is 13.0. The summed E-state index contributed by atoms with van der Waals surface area (Å²) >= 11 is 1.61. The molecule has 6 heteroatoms. The van der Waals surface area contributed by atoms with Crippen LogP contribution in [0.1, 0.15) is 77.5 Å². The van der Waals surface area contributed by atoms with Crippen molar-refractivity contribution in [3.63, 3.8) is 0 Å². The van der Waals surface area contributed by atoms with Crippen LogP contribution in [0.25, 0.3) is 0 Å². The minimum atomic E-state index is 0.0434. The summed E-state index contributed by atoms with van der Waals surface area (Å²) in [5, 5.41) is 2.99. The molecule has 2 fully saturated rings. The number of carbonyl (C=O) groups is 2. The van der Waals surface area contributed by atoms with Crippen LogP contribution in [-0.2, 0) is 17.8 Å². The maximum Gasteiger partial charge on any atom is 0.273 e. The van der Waals surface area contributed by atoms with E-state index in [1.54, 1.807) is 11.3 Å². The molecular formula is C25H31N3O2S. The molecule has 0 atom stereocenters. The van der Waals surface area contributed by atoms with E-state index in [4.69, 9.17) is 4.98 Å². The van der Waals surface area contributed by atoms with Crippen LogP contribution in [0.2, 0.25) is 0 Å².